The van der Waals surface area contributed by atoms with Crippen molar-refractivity contribution in [1.82, 2.24) is 0 Å². The van der Waals surface area contributed by atoms with Crippen LogP contribution >= 0.6 is 0 Å². The Morgan fingerprint density at radius 1 is 0.275 bits per heavy atom. The molecule has 9 aromatic rings. The van der Waals surface area contributed by atoms with Crippen LogP contribution < -0.4 is 4.90 Å². The molecule has 0 saturated carbocycles. The third-order valence-electron chi connectivity index (χ3n) is 9.87. The highest BCUT2D eigenvalue weighted by atomic mass is 15.1. The molecule has 240 valence electrons. The molecule has 0 atom stereocenters. The maximum absolute atomic E-state index is 2.42. The lowest BCUT2D eigenvalue weighted by molar-refractivity contribution is 1.28. The largest absolute Gasteiger partial charge is 0.310 e. The Morgan fingerprint density at radius 3 is 1.51 bits per heavy atom. The minimum absolute atomic E-state index is 1.10. The molecule has 0 aliphatic carbocycles. The SMILES string of the molecule is c1ccc(-c2ccc(N(c3ccccc3)c3cccc(-c4ccccc4-c4ccccc4)c3-c3cc4ccccc4c4ccccc34)cc2)cc1. The zero-order valence-corrected chi connectivity index (χ0v) is 28.2. The van der Waals surface area contributed by atoms with Gasteiger partial charge in [-0.2, -0.15) is 0 Å². The standard InChI is InChI=1S/C50H35N/c1-4-17-36(18-5-1)37-31-33-41(34-32-37)51(40-22-8-3-9-23-40)49-30-16-29-47(45-27-13-12-24-42(45)38-19-6-2-7-20-38)50(49)48-35-39-21-10-11-25-43(39)44-26-14-15-28-46(44)48/h1-35H. The van der Waals surface area contributed by atoms with Gasteiger partial charge >= 0.3 is 0 Å². The van der Waals surface area contributed by atoms with Crippen LogP contribution in [-0.2, 0) is 0 Å². The number of rotatable bonds is 7. The van der Waals surface area contributed by atoms with E-state index >= 15 is 0 Å². The van der Waals surface area contributed by atoms with Crippen LogP contribution in [0.15, 0.2) is 212 Å². The highest BCUT2D eigenvalue weighted by Crippen LogP contribution is 2.49. The summed E-state index contributed by atoms with van der Waals surface area (Å²) in [6, 6.07) is 76.7. The van der Waals surface area contributed by atoms with Crippen molar-refractivity contribution in [2.45, 2.75) is 0 Å². The molecule has 0 heterocycles. The number of nitrogens with zero attached hydrogens (tertiary/aromatic N) is 1. The molecule has 0 aliphatic rings. The van der Waals surface area contributed by atoms with Gasteiger partial charge in [0.1, 0.15) is 0 Å². The first-order chi connectivity index (χ1) is 25.3. The van der Waals surface area contributed by atoms with E-state index in [1.54, 1.807) is 0 Å². The molecule has 0 fully saturated rings. The lowest BCUT2D eigenvalue weighted by Crippen LogP contribution is -2.12. The fourth-order valence-electron chi connectivity index (χ4n) is 7.52. The Morgan fingerprint density at radius 2 is 0.784 bits per heavy atom. The van der Waals surface area contributed by atoms with Crippen molar-refractivity contribution in [3.05, 3.63) is 212 Å². The number of fused-ring (bicyclic) bond motifs is 3. The maximum Gasteiger partial charge on any atom is 0.0546 e. The van der Waals surface area contributed by atoms with E-state index in [2.05, 4.69) is 217 Å². The van der Waals surface area contributed by atoms with Crippen molar-refractivity contribution in [1.29, 1.82) is 0 Å². The van der Waals surface area contributed by atoms with Crippen molar-refractivity contribution in [2.24, 2.45) is 0 Å². The van der Waals surface area contributed by atoms with E-state index in [9.17, 15) is 0 Å². The van der Waals surface area contributed by atoms with Crippen LogP contribution in [-0.4, -0.2) is 0 Å². The molecule has 0 unspecified atom stereocenters. The predicted octanol–water partition coefficient (Wildman–Crippen LogP) is 14.1. The summed E-state index contributed by atoms with van der Waals surface area (Å²) in [7, 11) is 0. The third-order valence-corrected chi connectivity index (χ3v) is 9.87. The van der Waals surface area contributed by atoms with E-state index in [1.165, 1.54) is 66.1 Å². The van der Waals surface area contributed by atoms with Crippen LogP contribution in [0, 0.1) is 0 Å². The van der Waals surface area contributed by atoms with Gasteiger partial charge in [-0.25, -0.2) is 0 Å². The monoisotopic (exact) mass is 649 g/mol. The molecule has 1 nitrogen and oxygen atoms in total. The molecule has 9 rings (SSSR count). The molecule has 51 heavy (non-hydrogen) atoms. The average molecular weight is 650 g/mol. The first kappa shape index (κ1) is 30.4. The summed E-state index contributed by atoms with van der Waals surface area (Å²) in [4.78, 5) is 2.42. The summed E-state index contributed by atoms with van der Waals surface area (Å²) < 4.78 is 0. The minimum Gasteiger partial charge on any atom is -0.310 e. The Kier molecular flexibility index (Phi) is 7.92. The molecule has 0 bridgehead atoms. The van der Waals surface area contributed by atoms with Crippen LogP contribution in [0.1, 0.15) is 0 Å². The highest BCUT2D eigenvalue weighted by molar-refractivity contribution is 6.17. The van der Waals surface area contributed by atoms with Crippen molar-refractivity contribution >= 4 is 38.6 Å². The number of benzene rings is 9. The van der Waals surface area contributed by atoms with Gasteiger partial charge in [-0.05, 0) is 96.9 Å². The van der Waals surface area contributed by atoms with Crippen LogP contribution in [0.2, 0.25) is 0 Å². The van der Waals surface area contributed by atoms with Crippen LogP contribution in [0.5, 0.6) is 0 Å². The van der Waals surface area contributed by atoms with Crippen molar-refractivity contribution in [3.63, 3.8) is 0 Å². The fourth-order valence-corrected chi connectivity index (χ4v) is 7.52. The van der Waals surface area contributed by atoms with Gasteiger partial charge in [0.2, 0.25) is 0 Å². The number of hydrogen-bond donors (Lipinski definition) is 0. The molecular weight excluding hydrogens is 615 g/mol. The van der Waals surface area contributed by atoms with Crippen LogP contribution in [0.25, 0.3) is 66.1 Å². The first-order valence-electron chi connectivity index (χ1n) is 17.5. The Labute approximate surface area is 299 Å². The topological polar surface area (TPSA) is 3.24 Å². The number of para-hydroxylation sites is 1. The second-order valence-corrected chi connectivity index (χ2v) is 12.9. The lowest BCUT2D eigenvalue weighted by atomic mass is 9.85. The Bertz CT molecular complexity index is 2610. The Balaban J connectivity index is 1.37. The summed E-state index contributed by atoms with van der Waals surface area (Å²) in [6.45, 7) is 0. The molecule has 0 radical (unpaired) electrons. The van der Waals surface area contributed by atoms with E-state index in [-0.39, 0.29) is 0 Å². The maximum atomic E-state index is 2.42. The van der Waals surface area contributed by atoms with E-state index in [0.717, 1.165) is 17.1 Å². The van der Waals surface area contributed by atoms with Gasteiger partial charge in [-0.1, -0.05) is 176 Å². The summed E-state index contributed by atoms with van der Waals surface area (Å²) >= 11 is 0. The molecule has 0 spiro atoms. The summed E-state index contributed by atoms with van der Waals surface area (Å²) in [6.07, 6.45) is 0. The van der Waals surface area contributed by atoms with Gasteiger partial charge in [-0.3, -0.25) is 0 Å². The van der Waals surface area contributed by atoms with E-state index in [4.69, 9.17) is 0 Å². The summed E-state index contributed by atoms with van der Waals surface area (Å²) in [5.41, 5.74) is 12.9. The summed E-state index contributed by atoms with van der Waals surface area (Å²) in [5.74, 6) is 0. The molecule has 0 N–H and O–H groups in total. The first-order valence-corrected chi connectivity index (χ1v) is 17.5. The zero-order chi connectivity index (χ0) is 34.0. The van der Waals surface area contributed by atoms with Crippen molar-refractivity contribution < 1.29 is 0 Å². The highest BCUT2D eigenvalue weighted by Gasteiger charge is 2.23. The molecule has 9 aromatic carbocycles. The Hall–Kier alpha value is -6.70. The van der Waals surface area contributed by atoms with Crippen molar-refractivity contribution in [2.75, 3.05) is 4.90 Å². The smallest absolute Gasteiger partial charge is 0.0546 e. The number of anilines is 3. The van der Waals surface area contributed by atoms with Gasteiger partial charge in [0, 0.05) is 16.9 Å². The van der Waals surface area contributed by atoms with E-state index in [0.29, 0.717) is 0 Å². The van der Waals surface area contributed by atoms with Gasteiger partial charge in [0.15, 0.2) is 0 Å². The molecule has 0 aliphatic heterocycles. The molecule has 0 saturated heterocycles. The third kappa shape index (κ3) is 5.65. The molecule has 0 aromatic heterocycles. The van der Waals surface area contributed by atoms with Gasteiger partial charge in [-0.15, -0.1) is 0 Å². The molecule has 1 heteroatoms. The van der Waals surface area contributed by atoms with Crippen molar-refractivity contribution in [3.8, 4) is 44.5 Å². The zero-order valence-electron chi connectivity index (χ0n) is 28.2. The normalized spacial score (nSPS) is 11.1. The summed E-state index contributed by atoms with van der Waals surface area (Å²) in [5, 5.41) is 4.97. The average Bonchev–Trinajstić information content (AvgIpc) is 3.22. The van der Waals surface area contributed by atoms with Gasteiger partial charge < -0.3 is 4.90 Å². The minimum atomic E-state index is 1.10. The number of hydrogen-bond acceptors (Lipinski definition) is 1. The fraction of sp³-hybridized carbons (Fsp3) is 0. The lowest BCUT2D eigenvalue weighted by Gasteiger charge is -2.30. The second kappa shape index (κ2) is 13.3. The van der Waals surface area contributed by atoms with Crippen LogP contribution in [0.4, 0.5) is 17.1 Å². The van der Waals surface area contributed by atoms with E-state index in [1.807, 2.05) is 0 Å². The molecular formula is C50H35N. The van der Waals surface area contributed by atoms with Gasteiger partial charge in [0.25, 0.3) is 0 Å². The quantitative estimate of drug-likeness (QED) is 0.155. The van der Waals surface area contributed by atoms with Crippen LogP contribution in [0.3, 0.4) is 0 Å². The van der Waals surface area contributed by atoms with E-state index < -0.39 is 0 Å². The van der Waals surface area contributed by atoms with Gasteiger partial charge in [0.05, 0.1) is 5.69 Å². The predicted molar refractivity (Wildman–Crippen MR) is 218 cm³/mol. The second-order valence-electron chi connectivity index (χ2n) is 12.9. The molecule has 0 amide bonds.